The van der Waals surface area contributed by atoms with Gasteiger partial charge in [0.1, 0.15) is 7.28 Å². The summed E-state index contributed by atoms with van der Waals surface area (Å²) in [5, 5.41) is 0.951. The van der Waals surface area contributed by atoms with E-state index in [4.69, 9.17) is 0 Å². The molecular weight excluding hydrogens is 326 g/mol. The van der Waals surface area contributed by atoms with E-state index >= 15 is 0 Å². The molecule has 0 amide bonds. The first-order valence-electron chi connectivity index (χ1n) is 3.89. The third-order valence-electron chi connectivity index (χ3n) is 1.77. The lowest BCUT2D eigenvalue weighted by molar-refractivity contribution is 1.25. The summed E-state index contributed by atoms with van der Waals surface area (Å²) in [4.78, 5) is 0. The minimum absolute atomic E-state index is 0.951. The predicted molar refractivity (Wildman–Crippen MR) is 67.1 cm³/mol. The van der Waals surface area contributed by atoms with Crippen LogP contribution in [0.25, 0.3) is 0 Å². The second kappa shape index (κ2) is 5.27. The molecule has 1 radical (unpaired) electrons. The quantitative estimate of drug-likeness (QED) is 0.451. The van der Waals surface area contributed by atoms with Gasteiger partial charge in [0, 0.05) is 8.90 Å². The fourth-order valence-electron chi connectivity index (χ4n) is 1.16. The van der Waals surface area contributed by atoms with E-state index in [9.17, 15) is 0 Å². The Kier molecular flexibility index (Phi) is 4.65. The van der Waals surface area contributed by atoms with Crippen LogP contribution >= 0.6 is 38.5 Å². The van der Waals surface area contributed by atoms with Crippen molar-refractivity contribution in [2.45, 2.75) is 18.5 Å². The third kappa shape index (κ3) is 2.49. The van der Waals surface area contributed by atoms with Gasteiger partial charge in [0.25, 0.3) is 0 Å². The monoisotopic (exact) mass is 335 g/mol. The number of rotatable bonds is 3. The van der Waals surface area contributed by atoms with Gasteiger partial charge in [-0.25, -0.2) is 0 Å². The molecule has 0 aliphatic rings. The fraction of sp³-hybridized carbons (Fsp3) is 0.333. The van der Waals surface area contributed by atoms with Crippen LogP contribution in [0.2, 0.25) is 6.82 Å². The van der Waals surface area contributed by atoms with Crippen LogP contribution in [-0.4, -0.2) is 7.28 Å². The first-order valence-corrected chi connectivity index (χ1v) is 6.09. The number of alkyl halides is 1. The van der Waals surface area contributed by atoms with Crippen LogP contribution in [0.4, 0.5) is 0 Å². The van der Waals surface area contributed by atoms with Gasteiger partial charge in [0.15, 0.2) is 0 Å². The predicted octanol–water partition coefficient (Wildman–Crippen LogP) is 3.44. The van der Waals surface area contributed by atoms with Crippen LogP contribution in [0.3, 0.4) is 0 Å². The Morgan fingerprint density at radius 2 is 2.25 bits per heavy atom. The lowest BCUT2D eigenvalue weighted by atomic mass is 9.74. The van der Waals surface area contributed by atoms with E-state index in [1.807, 2.05) is 0 Å². The van der Waals surface area contributed by atoms with Gasteiger partial charge >= 0.3 is 0 Å². The average Bonchev–Trinajstić information content (AvgIpc) is 2.09. The third-order valence-corrected chi connectivity index (χ3v) is 3.38. The summed E-state index contributed by atoms with van der Waals surface area (Å²) >= 11 is 5.89. The van der Waals surface area contributed by atoms with E-state index in [0.29, 0.717) is 0 Å². The molecule has 63 valence electrons. The summed E-state index contributed by atoms with van der Waals surface area (Å²) in [6.45, 7) is 2.10. The van der Waals surface area contributed by atoms with Crippen molar-refractivity contribution in [2.75, 3.05) is 0 Å². The molecule has 0 aromatic heterocycles. The maximum atomic E-state index is 3.50. The van der Waals surface area contributed by atoms with E-state index in [2.05, 4.69) is 70.8 Å². The van der Waals surface area contributed by atoms with Crippen LogP contribution in [0, 0.1) is 3.57 Å². The summed E-state index contributed by atoms with van der Waals surface area (Å²) in [7, 11) is 2.20. The van der Waals surface area contributed by atoms with Gasteiger partial charge in [-0.05, 0) is 39.8 Å². The molecule has 1 aromatic carbocycles. The van der Waals surface area contributed by atoms with Crippen LogP contribution < -0.4 is 0 Å². The second-order valence-electron chi connectivity index (χ2n) is 2.62. The van der Waals surface area contributed by atoms with Gasteiger partial charge in [0.05, 0.1) is 0 Å². The maximum absolute atomic E-state index is 3.50. The molecule has 0 nitrogen and oxygen atoms in total. The Hall–Kier alpha value is 0.495. The molecule has 0 unspecified atom stereocenters. The summed E-state index contributed by atoms with van der Waals surface area (Å²) < 4.78 is 1.36. The average molecular weight is 336 g/mol. The van der Waals surface area contributed by atoms with Crippen molar-refractivity contribution in [3.05, 3.63) is 32.9 Å². The van der Waals surface area contributed by atoms with Crippen molar-refractivity contribution < 1.29 is 0 Å². The van der Waals surface area contributed by atoms with Gasteiger partial charge in [-0.15, -0.1) is 0 Å². The molecule has 0 saturated heterocycles. The van der Waals surface area contributed by atoms with Gasteiger partial charge < -0.3 is 0 Å². The first-order chi connectivity index (χ1) is 5.79. The van der Waals surface area contributed by atoms with Crippen molar-refractivity contribution >= 4 is 45.8 Å². The molecule has 0 aliphatic heterocycles. The summed E-state index contributed by atoms with van der Waals surface area (Å²) in [6.07, 6.45) is 1.07. The van der Waals surface area contributed by atoms with Crippen LogP contribution in [0.15, 0.2) is 18.2 Å². The van der Waals surface area contributed by atoms with Crippen LogP contribution in [-0.2, 0) is 11.7 Å². The van der Waals surface area contributed by atoms with Crippen molar-refractivity contribution in [1.82, 2.24) is 0 Å². The Balaban J connectivity index is 3.02. The molecule has 0 spiro atoms. The highest BCUT2D eigenvalue weighted by Gasteiger charge is 2.03. The number of hydrogen-bond acceptors (Lipinski definition) is 0. The van der Waals surface area contributed by atoms with Gasteiger partial charge in [-0.3, -0.25) is 0 Å². The van der Waals surface area contributed by atoms with Crippen molar-refractivity contribution in [2.24, 2.45) is 0 Å². The fourth-order valence-corrected chi connectivity index (χ4v) is 2.46. The van der Waals surface area contributed by atoms with E-state index in [1.54, 1.807) is 0 Å². The molecule has 1 aromatic rings. The molecule has 12 heavy (non-hydrogen) atoms. The molecule has 0 aliphatic carbocycles. The molecular formula is C9H10BBrI. The molecule has 0 N–H and O–H groups in total. The highest BCUT2D eigenvalue weighted by molar-refractivity contribution is 14.1. The van der Waals surface area contributed by atoms with E-state index in [-0.39, 0.29) is 0 Å². The van der Waals surface area contributed by atoms with E-state index in [1.165, 1.54) is 14.7 Å². The summed E-state index contributed by atoms with van der Waals surface area (Å²) in [5.74, 6) is 0. The SMILES string of the molecule is C[B]Cc1c(I)cccc1CBr. The van der Waals surface area contributed by atoms with Gasteiger partial charge in [-0.2, -0.15) is 0 Å². The molecule has 0 fully saturated rings. The van der Waals surface area contributed by atoms with Crippen molar-refractivity contribution in [3.8, 4) is 0 Å². The van der Waals surface area contributed by atoms with Crippen molar-refractivity contribution in [3.63, 3.8) is 0 Å². The minimum Gasteiger partial charge on any atom is -0.0917 e. The summed E-state index contributed by atoms with van der Waals surface area (Å²) in [5.41, 5.74) is 2.86. The minimum atomic E-state index is 0.951. The normalized spacial score (nSPS) is 9.92. The van der Waals surface area contributed by atoms with Crippen LogP contribution in [0.1, 0.15) is 11.1 Å². The number of benzene rings is 1. The zero-order valence-electron chi connectivity index (χ0n) is 6.98. The smallest absolute Gasteiger partial charge is 0.0917 e. The first kappa shape index (κ1) is 10.6. The largest absolute Gasteiger partial charge is 0.111 e. The topological polar surface area (TPSA) is 0 Å². The zero-order chi connectivity index (χ0) is 8.97. The van der Waals surface area contributed by atoms with Gasteiger partial charge in [0.2, 0.25) is 0 Å². The number of halogens is 2. The van der Waals surface area contributed by atoms with Gasteiger partial charge in [-0.1, -0.05) is 41.2 Å². The van der Waals surface area contributed by atoms with Crippen LogP contribution in [0.5, 0.6) is 0 Å². The molecule has 0 heterocycles. The Morgan fingerprint density at radius 1 is 1.50 bits per heavy atom. The molecule has 1 rings (SSSR count). The maximum Gasteiger partial charge on any atom is 0.111 e. The lowest BCUT2D eigenvalue weighted by Gasteiger charge is -2.07. The molecule has 0 bridgehead atoms. The molecule has 0 saturated carbocycles. The lowest BCUT2D eigenvalue weighted by Crippen LogP contribution is -1.99. The summed E-state index contributed by atoms with van der Waals surface area (Å²) in [6, 6.07) is 6.44. The Labute approximate surface area is 96.6 Å². The number of hydrogen-bond donors (Lipinski definition) is 0. The highest BCUT2D eigenvalue weighted by Crippen LogP contribution is 2.19. The molecule has 0 atom stereocenters. The highest BCUT2D eigenvalue weighted by atomic mass is 127. The zero-order valence-corrected chi connectivity index (χ0v) is 10.7. The van der Waals surface area contributed by atoms with E-state index < -0.39 is 0 Å². The standard InChI is InChI=1S/C9H10BBrI/c1-10-5-8-7(6-11)3-2-4-9(8)12/h2-4H,5-6H2,1H3. The second-order valence-corrected chi connectivity index (χ2v) is 4.35. The Bertz CT molecular complexity index is 263. The Morgan fingerprint density at radius 3 is 2.83 bits per heavy atom. The van der Waals surface area contributed by atoms with E-state index in [0.717, 1.165) is 11.7 Å². The van der Waals surface area contributed by atoms with Crippen molar-refractivity contribution in [1.29, 1.82) is 0 Å². The molecule has 3 heteroatoms.